The molecule has 1 aromatic heterocycles. The van der Waals surface area contributed by atoms with Crippen LogP contribution in [0.15, 0.2) is 6.07 Å². The van der Waals surface area contributed by atoms with Gasteiger partial charge in [-0.25, -0.2) is 4.98 Å². The highest BCUT2D eigenvalue weighted by molar-refractivity contribution is 5.56. The van der Waals surface area contributed by atoms with Crippen LogP contribution in [0.3, 0.4) is 0 Å². The van der Waals surface area contributed by atoms with E-state index in [2.05, 4.69) is 22.3 Å². The number of hydrogen-bond acceptors (Lipinski definition) is 3. The Morgan fingerprint density at radius 2 is 2.11 bits per heavy atom. The molecule has 92 valence electrons. The van der Waals surface area contributed by atoms with E-state index in [4.69, 9.17) is 6.42 Å². The van der Waals surface area contributed by atoms with Crippen LogP contribution in [-0.4, -0.2) is 10.5 Å². The molecule has 1 N–H and O–H groups in total. The van der Waals surface area contributed by atoms with Gasteiger partial charge in [0.2, 0.25) is 0 Å². The first-order valence-corrected chi connectivity index (χ1v) is 6.24. The number of nitrogens with zero attached hydrogens (tertiary/aromatic N) is 2. The molecule has 1 aliphatic rings. The molecule has 0 radical (unpaired) electrons. The molecular formula is C15H17N3. The van der Waals surface area contributed by atoms with Gasteiger partial charge in [-0.15, -0.1) is 6.42 Å². The van der Waals surface area contributed by atoms with Gasteiger partial charge in [-0.05, 0) is 51.2 Å². The number of nitrogens with one attached hydrogen (secondary N) is 1. The molecule has 2 rings (SSSR count). The highest BCUT2D eigenvalue weighted by Gasteiger charge is 2.19. The molecule has 0 fully saturated rings. The van der Waals surface area contributed by atoms with Gasteiger partial charge in [-0.3, -0.25) is 0 Å². The highest BCUT2D eigenvalue weighted by atomic mass is 15.0. The van der Waals surface area contributed by atoms with Gasteiger partial charge < -0.3 is 5.32 Å². The lowest BCUT2D eigenvalue weighted by Crippen LogP contribution is -2.30. The van der Waals surface area contributed by atoms with Gasteiger partial charge in [0.05, 0.1) is 11.1 Å². The third-order valence-corrected chi connectivity index (χ3v) is 3.21. The van der Waals surface area contributed by atoms with Gasteiger partial charge >= 0.3 is 0 Å². The molecule has 1 heterocycles. The van der Waals surface area contributed by atoms with Crippen LogP contribution in [-0.2, 0) is 12.8 Å². The maximum Gasteiger partial charge on any atom is 0.145 e. The lowest BCUT2D eigenvalue weighted by atomic mass is 9.94. The van der Waals surface area contributed by atoms with E-state index >= 15 is 0 Å². The lowest BCUT2D eigenvalue weighted by Gasteiger charge is -2.23. The van der Waals surface area contributed by atoms with Crippen LogP contribution in [0.4, 0.5) is 5.82 Å². The van der Waals surface area contributed by atoms with Gasteiger partial charge in [0.1, 0.15) is 11.9 Å². The maximum absolute atomic E-state index is 9.21. The standard InChI is InChI=1S/C15H17N3/c1-4-15(2,3)18-14-12(10-16)9-11-7-5-6-8-13(11)17-14/h1,9H,5-8H2,2-3H3,(H,17,18). The quantitative estimate of drug-likeness (QED) is 0.807. The number of rotatable bonds is 2. The van der Waals surface area contributed by atoms with Crippen LogP contribution in [0.25, 0.3) is 0 Å². The second-order valence-corrected chi connectivity index (χ2v) is 5.20. The Labute approximate surface area is 108 Å². The number of hydrogen-bond donors (Lipinski definition) is 1. The zero-order valence-electron chi connectivity index (χ0n) is 10.9. The number of fused-ring (bicyclic) bond motifs is 1. The van der Waals surface area contributed by atoms with E-state index in [1.165, 1.54) is 18.4 Å². The van der Waals surface area contributed by atoms with E-state index in [-0.39, 0.29) is 0 Å². The largest absolute Gasteiger partial charge is 0.353 e. The number of aryl methyl sites for hydroxylation is 2. The Morgan fingerprint density at radius 3 is 2.78 bits per heavy atom. The number of aromatic nitrogens is 1. The van der Waals surface area contributed by atoms with Crippen molar-refractivity contribution in [3.05, 3.63) is 22.9 Å². The summed E-state index contributed by atoms with van der Waals surface area (Å²) in [5.74, 6) is 3.27. The second kappa shape index (κ2) is 4.70. The Balaban J connectivity index is 2.41. The normalized spacial score (nSPS) is 14.2. The molecule has 1 aromatic rings. The first-order valence-electron chi connectivity index (χ1n) is 6.24. The third kappa shape index (κ3) is 2.46. The second-order valence-electron chi connectivity index (χ2n) is 5.20. The molecule has 18 heavy (non-hydrogen) atoms. The van der Waals surface area contributed by atoms with Crippen molar-refractivity contribution in [2.75, 3.05) is 5.32 Å². The Bertz CT molecular complexity index is 544. The summed E-state index contributed by atoms with van der Waals surface area (Å²) in [6, 6.07) is 4.15. The van der Waals surface area contributed by atoms with Gasteiger partial charge in [-0.1, -0.05) is 5.92 Å². The summed E-state index contributed by atoms with van der Waals surface area (Å²) in [6.45, 7) is 3.80. The van der Waals surface area contributed by atoms with Gasteiger partial charge in [0, 0.05) is 5.69 Å². The minimum Gasteiger partial charge on any atom is -0.353 e. The molecule has 0 bridgehead atoms. The average molecular weight is 239 g/mol. The molecule has 0 atom stereocenters. The Kier molecular flexibility index (Phi) is 3.26. The molecule has 3 heteroatoms. The average Bonchev–Trinajstić information content (AvgIpc) is 2.37. The van der Waals surface area contributed by atoms with Crippen molar-refractivity contribution in [2.45, 2.75) is 45.1 Å². The molecular weight excluding hydrogens is 222 g/mol. The smallest absolute Gasteiger partial charge is 0.145 e. The van der Waals surface area contributed by atoms with Crippen LogP contribution in [0.2, 0.25) is 0 Å². The van der Waals surface area contributed by atoms with Crippen molar-refractivity contribution in [3.63, 3.8) is 0 Å². The summed E-state index contributed by atoms with van der Waals surface area (Å²) in [5, 5.41) is 12.4. The summed E-state index contributed by atoms with van der Waals surface area (Å²) in [7, 11) is 0. The van der Waals surface area contributed by atoms with Crippen molar-refractivity contribution in [2.24, 2.45) is 0 Å². The molecule has 3 nitrogen and oxygen atoms in total. The van der Waals surface area contributed by atoms with E-state index in [0.717, 1.165) is 18.5 Å². The molecule has 0 saturated carbocycles. The van der Waals surface area contributed by atoms with Gasteiger partial charge in [0.25, 0.3) is 0 Å². The van der Waals surface area contributed by atoms with Crippen LogP contribution in [0, 0.1) is 23.7 Å². The minimum absolute atomic E-state index is 0.499. The number of nitriles is 1. The molecule has 1 aliphatic carbocycles. The molecule has 0 spiro atoms. The van der Waals surface area contributed by atoms with Gasteiger partial charge in [0.15, 0.2) is 0 Å². The van der Waals surface area contributed by atoms with Crippen LogP contribution < -0.4 is 5.32 Å². The predicted octanol–water partition coefficient (Wildman–Crippen LogP) is 2.66. The third-order valence-electron chi connectivity index (χ3n) is 3.21. The summed E-state index contributed by atoms with van der Waals surface area (Å²) >= 11 is 0. The minimum atomic E-state index is -0.499. The van der Waals surface area contributed by atoms with Crippen LogP contribution in [0.5, 0.6) is 0 Å². The van der Waals surface area contributed by atoms with E-state index in [9.17, 15) is 5.26 Å². The lowest BCUT2D eigenvalue weighted by molar-refractivity contribution is 0.664. The van der Waals surface area contributed by atoms with Crippen LogP contribution >= 0.6 is 0 Å². The summed E-state index contributed by atoms with van der Waals surface area (Å²) < 4.78 is 0. The zero-order chi connectivity index (χ0) is 13.2. The topological polar surface area (TPSA) is 48.7 Å². The van der Waals surface area contributed by atoms with Crippen molar-refractivity contribution >= 4 is 5.82 Å². The zero-order valence-corrected chi connectivity index (χ0v) is 10.9. The number of terminal acetylenes is 1. The number of pyridine rings is 1. The SMILES string of the molecule is C#CC(C)(C)Nc1nc2c(cc1C#N)CCCC2. The van der Waals surface area contributed by atoms with Crippen LogP contribution in [0.1, 0.15) is 43.5 Å². The highest BCUT2D eigenvalue weighted by Crippen LogP contribution is 2.25. The van der Waals surface area contributed by atoms with E-state index < -0.39 is 5.54 Å². The van der Waals surface area contributed by atoms with Crippen molar-refractivity contribution in [1.29, 1.82) is 5.26 Å². The van der Waals surface area contributed by atoms with Crippen molar-refractivity contribution in [3.8, 4) is 18.4 Å². The first-order chi connectivity index (χ1) is 8.55. The number of anilines is 1. The van der Waals surface area contributed by atoms with Crippen molar-refractivity contribution < 1.29 is 0 Å². The monoisotopic (exact) mass is 239 g/mol. The Hall–Kier alpha value is -2.00. The fourth-order valence-corrected chi connectivity index (χ4v) is 2.15. The fraction of sp³-hybridized carbons (Fsp3) is 0.467. The molecule has 0 aliphatic heterocycles. The molecule has 0 amide bonds. The predicted molar refractivity (Wildman–Crippen MR) is 72.1 cm³/mol. The molecule has 0 unspecified atom stereocenters. The summed E-state index contributed by atoms with van der Waals surface area (Å²) in [5.41, 5.74) is 2.40. The van der Waals surface area contributed by atoms with Crippen molar-refractivity contribution in [1.82, 2.24) is 4.98 Å². The Morgan fingerprint density at radius 1 is 1.39 bits per heavy atom. The van der Waals surface area contributed by atoms with Gasteiger partial charge in [-0.2, -0.15) is 5.26 Å². The molecule has 0 saturated heterocycles. The van der Waals surface area contributed by atoms with E-state index in [0.29, 0.717) is 11.4 Å². The first kappa shape index (κ1) is 12.5. The maximum atomic E-state index is 9.21. The summed E-state index contributed by atoms with van der Waals surface area (Å²) in [4.78, 5) is 4.59. The molecule has 0 aromatic carbocycles. The van der Waals surface area contributed by atoms with E-state index in [1.54, 1.807) is 0 Å². The van der Waals surface area contributed by atoms with E-state index in [1.807, 2.05) is 19.9 Å². The summed E-state index contributed by atoms with van der Waals surface area (Å²) in [6.07, 6.45) is 9.83. The fourth-order valence-electron chi connectivity index (χ4n) is 2.15.